The summed E-state index contributed by atoms with van der Waals surface area (Å²) in [6, 6.07) is 17.2. The van der Waals surface area contributed by atoms with Crippen molar-refractivity contribution in [3.05, 3.63) is 75.8 Å². The molecule has 0 amide bonds. The molecular formula is C16H17NO2S. The molecular weight excluding hydrogens is 270 g/mol. The molecule has 0 spiro atoms. The third-order valence-corrected chi connectivity index (χ3v) is 3.96. The molecule has 4 heteroatoms. The van der Waals surface area contributed by atoms with E-state index in [-0.39, 0.29) is 10.6 Å². The van der Waals surface area contributed by atoms with Crippen LogP contribution in [0.3, 0.4) is 0 Å². The van der Waals surface area contributed by atoms with Crippen molar-refractivity contribution in [2.24, 2.45) is 0 Å². The first-order valence-electron chi connectivity index (χ1n) is 6.50. The van der Waals surface area contributed by atoms with Gasteiger partial charge in [0.25, 0.3) is 5.69 Å². The van der Waals surface area contributed by atoms with Crippen LogP contribution in [-0.4, -0.2) is 16.9 Å². The molecule has 0 saturated heterocycles. The Balaban J connectivity index is 2.28. The van der Waals surface area contributed by atoms with Crippen molar-refractivity contribution in [1.29, 1.82) is 0 Å². The maximum absolute atomic E-state index is 10.7. The second-order valence-corrected chi connectivity index (χ2v) is 5.58. The molecule has 2 aromatic carbocycles. The monoisotopic (exact) mass is 287 g/mol. The van der Waals surface area contributed by atoms with Crippen LogP contribution in [0.4, 0.5) is 5.69 Å². The number of hydrogen-bond acceptors (Lipinski definition) is 3. The average molecular weight is 287 g/mol. The van der Waals surface area contributed by atoms with Gasteiger partial charge in [-0.2, -0.15) is 11.8 Å². The number of thioether (sulfide) groups is 1. The number of benzene rings is 2. The van der Waals surface area contributed by atoms with Gasteiger partial charge in [-0.05, 0) is 29.6 Å². The zero-order valence-electron chi connectivity index (χ0n) is 11.4. The molecule has 104 valence electrons. The minimum absolute atomic E-state index is 0.144. The first-order valence-corrected chi connectivity index (χ1v) is 7.90. The molecule has 0 fully saturated rings. The summed E-state index contributed by atoms with van der Waals surface area (Å²) in [5.41, 5.74) is 2.54. The lowest BCUT2D eigenvalue weighted by Gasteiger charge is -2.17. The zero-order chi connectivity index (χ0) is 14.4. The first kappa shape index (κ1) is 14.6. The van der Waals surface area contributed by atoms with Crippen LogP contribution in [0.1, 0.15) is 23.5 Å². The molecule has 3 nitrogen and oxygen atoms in total. The Kier molecular flexibility index (Phi) is 5.18. The summed E-state index contributed by atoms with van der Waals surface area (Å²) in [4.78, 5) is 10.4. The molecule has 2 aromatic rings. The predicted octanol–water partition coefficient (Wildman–Crippen LogP) is 4.48. The highest BCUT2D eigenvalue weighted by Gasteiger charge is 2.15. The summed E-state index contributed by atoms with van der Waals surface area (Å²) in [5, 5.41) is 10.7. The van der Waals surface area contributed by atoms with Crippen molar-refractivity contribution >= 4 is 17.4 Å². The van der Waals surface area contributed by atoms with E-state index in [1.807, 2.05) is 42.1 Å². The summed E-state index contributed by atoms with van der Waals surface area (Å²) in [5.74, 6) is 1.36. The Morgan fingerprint density at radius 1 is 1.05 bits per heavy atom. The fraction of sp³-hybridized carbons (Fsp3) is 0.250. The predicted molar refractivity (Wildman–Crippen MR) is 84.4 cm³/mol. The van der Waals surface area contributed by atoms with Gasteiger partial charge in [0, 0.05) is 18.1 Å². The van der Waals surface area contributed by atoms with Gasteiger partial charge in [-0.3, -0.25) is 10.1 Å². The molecule has 0 aliphatic heterocycles. The maximum Gasteiger partial charge on any atom is 0.269 e. The Bertz CT molecular complexity index is 554. The van der Waals surface area contributed by atoms with Gasteiger partial charge in [0.2, 0.25) is 0 Å². The number of hydrogen-bond donors (Lipinski definition) is 0. The molecule has 0 heterocycles. The largest absolute Gasteiger partial charge is 0.269 e. The van der Waals surface area contributed by atoms with Crippen molar-refractivity contribution in [3.63, 3.8) is 0 Å². The lowest BCUT2D eigenvalue weighted by atomic mass is 9.89. The Labute approximate surface area is 123 Å². The van der Waals surface area contributed by atoms with Gasteiger partial charge < -0.3 is 0 Å². The van der Waals surface area contributed by atoms with E-state index in [0.717, 1.165) is 17.7 Å². The highest BCUT2D eigenvalue weighted by molar-refractivity contribution is 7.98. The molecule has 1 atom stereocenters. The van der Waals surface area contributed by atoms with Gasteiger partial charge in [-0.25, -0.2) is 0 Å². The van der Waals surface area contributed by atoms with E-state index in [1.54, 1.807) is 12.1 Å². The molecule has 0 aliphatic rings. The zero-order valence-corrected chi connectivity index (χ0v) is 12.2. The van der Waals surface area contributed by atoms with E-state index < -0.39 is 0 Å². The molecule has 0 N–H and O–H groups in total. The van der Waals surface area contributed by atoms with Gasteiger partial charge in [-0.1, -0.05) is 42.5 Å². The molecule has 0 aliphatic carbocycles. The van der Waals surface area contributed by atoms with Gasteiger partial charge in [0.05, 0.1) is 4.92 Å². The summed E-state index contributed by atoms with van der Waals surface area (Å²) < 4.78 is 0. The van der Waals surface area contributed by atoms with Gasteiger partial charge >= 0.3 is 0 Å². The molecule has 0 aromatic heterocycles. The smallest absolute Gasteiger partial charge is 0.258 e. The van der Waals surface area contributed by atoms with Crippen LogP contribution < -0.4 is 0 Å². The Morgan fingerprint density at radius 2 is 1.65 bits per heavy atom. The van der Waals surface area contributed by atoms with Crippen molar-refractivity contribution in [3.8, 4) is 0 Å². The number of rotatable bonds is 6. The Hall–Kier alpha value is -1.81. The van der Waals surface area contributed by atoms with Crippen LogP contribution in [0.5, 0.6) is 0 Å². The van der Waals surface area contributed by atoms with E-state index in [1.165, 1.54) is 5.56 Å². The Morgan fingerprint density at radius 3 is 2.20 bits per heavy atom. The van der Waals surface area contributed by atoms with E-state index in [0.29, 0.717) is 5.92 Å². The lowest BCUT2D eigenvalue weighted by molar-refractivity contribution is -0.384. The highest BCUT2D eigenvalue weighted by atomic mass is 32.2. The third-order valence-electron chi connectivity index (χ3n) is 3.32. The second-order valence-electron chi connectivity index (χ2n) is 4.59. The third kappa shape index (κ3) is 3.61. The SMILES string of the molecule is CSCCC(c1ccccc1)c1ccc([N+](=O)[O-])cc1. The molecule has 2 rings (SSSR count). The maximum atomic E-state index is 10.7. The van der Waals surface area contributed by atoms with Gasteiger partial charge in [0.1, 0.15) is 0 Å². The molecule has 0 saturated carbocycles. The van der Waals surface area contributed by atoms with Gasteiger partial charge in [-0.15, -0.1) is 0 Å². The normalized spacial score (nSPS) is 12.1. The lowest BCUT2D eigenvalue weighted by Crippen LogP contribution is -2.03. The summed E-state index contributed by atoms with van der Waals surface area (Å²) in [6.07, 6.45) is 3.13. The molecule has 0 bridgehead atoms. The van der Waals surface area contributed by atoms with Crippen molar-refractivity contribution in [1.82, 2.24) is 0 Å². The van der Waals surface area contributed by atoms with Crippen LogP contribution in [-0.2, 0) is 0 Å². The number of nitro benzene ring substituents is 1. The van der Waals surface area contributed by atoms with E-state index in [4.69, 9.17) is 0 Å². The number of nitrogens with zero attached hydrogens (tertiary/aromatic N) is 1. The van der Waals surface area contributed by atoms with Crippen molar-refractivity contribution < 1.29 is 4.92 Å². The summed E-state index contributed by atoms with van der Waals surface area (Å²) in [7, 11) is 0. The van der Waals surface area contributed by atoms with E-state index >= 15 is 0 Å². The molecule has 20 heavy (non-hydrogen) atoms. The molecule has 1 unspecified atom stereocenters. The van der Waals surface area contributed by atoms with Crippen molar-refractivity contribution in [2.45, 2.75) is 12.3 Å². The number of non-ortho nitro benzene ring substituents is 1. The summed E-state index contributed by atoms with van der Waals surface area (Å²) in [6.45, 7) is 0. The van der Waals surface area contributed by atoms with E-state index in [9.17, 15) is 10.1 Å². The van der Waals surface area contributed by atoms with E-state index in [2.05, 4.69) is 18.4 Å². The first-order chi connectivity index (χ1) is 9.72. The van der Waals surface area contributed by atoms with Crippen LogP contribution in [0.2, 0.25) is 0 Å². The fourth-order valence-corrected chi connectivity index (χ4v) is 2.75. The van der Waals surface area contributed by atoms with Crippen LogP contribution in [0.15, 0.2) is 54.6 Å². The highest BCUT2D eigenvalue weighted by Crippen LogP contribution is 2.30. The average Bonchev–Trinajstić information content (AvgIpc) is 2.49. The van der Waals surface area contributed by atoms with Crippen LogP contribution in [0, 0.1) is 10.1 Å². The number of nitro groups is 1. The topological polar surface area (TPSA) is 43.1 Å². The quantitative estimate of drug-likeness (QED) is 0.581. The minimum atomic E-state index is -0.358. The van der Waals surface area contributed by atoms with Crippen LogP contribution in [0.25, 0.3) is 0 Å². The second kappa shape index (κ2) is 7.10. The standard InChI is InChI=1S/C16H17NO2S/c1-20-12-11-16(13-5-3-2-4-6-13)14-7-9-15(10-8-14)17(18)19/h2-10,16H,11-12H2,1H3. The summed E-state index contributed by atoms with van der Waals surface area (Å²) >= 11 is 1.82. The van der Waals surface area contributed by atoms with Crippen molar-refractivity contribution in [2.75, 3.05) is 12.0 Å². The van der Waals surface area contributed by atoms with Crippen LogP contribution >= 0.6 is 11.8 Å². The molecule has 0 radical (unpaired) electrons. The fourth-order valence-electron chi connectivity index (χ4n) is 2.28. The minimum Gasteiger partial charge on any atom is -0.258 e. The van der Waals surface area contributed by atoms with Gasteiger partial charge in [0.15, 0.2) is 0 Å².